The summed E-state index contributed by atoms with van der Waals surface area (Å²) in [7, 11) is 1.93. The van der Waals surface area contributed by atoms with Crippen LogP contribution in [0, 0.1) is 6.92 Å². The topological polar surface area (TPSA) is 54.5 Å². The number of hydrogen-bond donors (Lipinski definition) is 1. The number of carbonyl (C=O) groups is 1. The average Bonchev–Trinajstić information content (AvgIpc) is 3.22. The third-order valence-electron chi connectivity index (χ3n) is 4.48. The third-order valence-corrected chi connectivity index (χ3v) is 5.68. The molecule has 1 aliphatic heterocycles. The lowest BCUT2D eigenvalue weighted by Crippen LogP contribution is -2.40. The van der Waals surface area contributed by atoms with Crippen molar-refractivity contribution < 1.29 is 9.53 Å². The fraction of sp³-hybridized carbons (Fsp3) is 0.474. The number of rotatable bonds is 6. The van der Waals surface area contributed by atoms with E-state index in [1.165, 1.54) is 11.3 Å². The monoisotopic (exact) mass is 359 g/mol. The van der Waals surface area contributed by atoms with Crippen LogP contribution in [0.15, 0.2) is 24.3 Å². The number of carbonyl (C=O) groups excluding carboxylic acids is 1. The zero-order valence-corrected chi connectivity index (χ0v) is 15.9. The lowest BCUT2D eigenvalue weighted by molar-refractivity contribution is 0.0741. The molecule has 2 aromatic rings. The maximum Gasteiger partial charge on any atom is 0.266 e. The van der Waals surface area contributed by atoms with Gasteiger partial charge in [-0.1, -0.05) is 0 Å². The summed E-state index contributed by atoms with van der Waals surface area (Å²) in [5, 5.41) is 4.07. The highest BCUT2D eigenvalue weighted by Gasteiger charge is 2.31. The fourth-order valence-electron chi connectivity index (χ4n) is 3.26. The molecular formula is C19H25N3O2S. The Bertz CT molecular complexity index is 727. The van der Waals surface area contributed by atoms with Crippen molar-refractivity contribution in [3.63, 3.8) is 0 Å². The van der Waals surface area contributed by atoms with Crippen molar-refractivity contribution in [1.29, 1.82) is 0 Å². The highest BCUT2D eigenvalue weighted by molar-refractivity contribution is 7.17. The molecule has 2 heterocycles. The molecule has 1 unspecified atom stereocenters. The molecular weight excluding hydrogens is 334 g/mol. The van der Waals surface area contributed by atoms with Gasteiger partial charge in [-0.15, -0.1) is 11.3 Å². The minimum Gasteiger partial charge on any atom is -0.494 e. The second-order valence-corrected chi connectivity index (χ2v) is 7.24. The summed E-state index contributed by atoms with van der Waals surface area (Å²) in [4.78, 5) is 20.4. The number of benzene rings is 1. The zero-order valence-electron chi connectivity index (χ0n) is 15.0. The second kappa shape index (κ2) is 7.97. The lowest BCUT2D eigenvalue weighted by atomic mass is 10.2. The first-order chi connectivity index (χ1) is 12.1. The van der Waals surface area contributed by atoms with Crippen molar-refractivity contribution in [2.45, 2.75) is 32.7 Å². The number of thiazole rings is 1. The summed E-state index contributed by atoms with van der Waals surface area (Å²) in [5.41, 5.74) is 1.83. The summed E-state index contributed by atoms with van der Waals surface area (Å²) < 4.78 is 5.48. The fourth-order valence-corrected chi connectivity index (χ4v) is 4.29. The predicted molar refractivity (Wildman–Crippen MR) is 101 cm³/mol. The minimum atomic E-state index is 0.116. The Morgan fingerprint density at radius 3 is 2.84 bits per heavy atom. The van der Waals surface area contributed by atoms with Gasteiger partial charge in [0.1, 0.15) is 15.6 Å². The Morgan fingerprint density at radius 1 is 1.40 bits per heavy atom. The first-order valence-corrected chi connectivity index (χ1v) is 9.62. The van der Waals surface area contributed by atoms with Crippen LogP contribution in [0.5, 0.6) is 5.75 Å². The van der Waals surface area contributed by atoms with Crippen molar-refractivity contribution in [2.75, 3.05) is 26.7 Å². The van der Waals surface area contributed by atoms with Crippen LogP contribution in [0.1, 0.15) is 35.1 Å². The van der Waals surface area contributed by atoms with E-state index in [-0.39, 0.29) is 11.9 Å². The lowest BCUT2D eigenvalue weighted by Gasteiger charge is -2.24. The number of ether oxygens (including phenoxy) is 1. The largest absolute Gasteiger partial charge is 0.494 e. The number of nitrogens with one attached hydrogen (secondary N) is 1. The molecule has 0 radical (unpaired) electrons. The number of amides is 1. The van der Waals surface area contributed by atoms with Crippen LogP contribution >= 0.6 is 11.3 Å². The SMILES string of the molecule is CCOc1ccc(-c2nc(C)c(C(=O)N3CCCC3CNC)s2)cc1. The molecule has 1 saturated heterocycles. The van der Waals surface area contributed by atoms with E-state index in [1.54, 1.807) is 0 Å². The number of likely N-dealkylation sites (tertiary alicyclic amines) is 1. The van der Waals surface area contributed by atoms with Gasteiger partial charge in [0.15, 0.2) is 0 Å². The predicted octanol–water partition coefficient (Wildman–Crippen LogP) is 3.34. The van der Waals surface area contributed by atoms with E-state index in [0.717, 1.165) is 52.8 Å². The quantitative estimate of drug-likeness (QED) is 0.859. The molecule has 1 aromatic heterocycles. The summed E-state index contributed by atoms with van der Waals surface area (Å²) in [6.07, 6.45) is 2.14. The van der Waals surface area contributed by atoms with Crippen LogP contribution in [-0.4, -0.2) is 48.6 Å². The number of likely N-dealkylation sites (N-methyl/N-ethyl adjacent to an activating group) is 1. The van der Waals surface area contributed by atoms with Gasteiger partial charge >= 0.3 is 0 Å². The molecule has 1 fully saturated rings. The number of aryl methyl sites for hydroxylation is 1. The highest BCUT2D eigenvalue weighted by Crippen LogP contribution is 2.31. The van der Waals surface area contributed by atoms with Gasteiger partial charge in [0, 0.05) is 24.7 Å². The number of hydrogen-bond acceptors (Lipinski definition) is 5. The molecule has 25 heavy (non-hydrogen) atoms. The van der Waals surface area contributed by atoms with Crippen LogP contribution in [0.4, 0.5) is 0 Å². The van der Waals surface area contributed by atoms with Gasteiger partial charge in [0.25, 0.3) is 5.91 Å². The first kappa shape index (κ1) is 17.9. The summed E-state index contributed by atoms with van der Waals surface area (Å²) in [6, 6.07) is 8.17. The molecule has 6 heteroatoms. The molecule has 1 atom stereocenters. The van der Waals surface area contributed by atoms with Gasteiger partial charge in [-0.3, -0.25) is 4.79 Å². The molecule has 0 bridgehead atoms. The first-order valence-electron chi connectivity index (χ1n) is 8.80. The summed E-state index contributed by atoms with van der Waals surface area (Å²) in [6.45, 7) is 6.22. The Labute approximate surface area is 153 Å². The van der Waals surface area contributed by atoms with Crippen molar-refractivity contribution in [1.82, 2.24) is 15.2 Å². The van der Waals surface area contributed by atoms with Gasteiger partial charge < -0.3 is 15.0 Å². The van der Waals surface area contributed by atoms with Gasteiger partial charge in [-0.2, -0.15) is 0 Å². The van der Waals surface area contributed by atoms with E-state index in [1.807, 2.05) is 50.1 Å². The normalized spacial score (nSPS) is 17.1. The molecule has 134 valence electrons. The smallest absolute Gasteiger partial charge is 0.266 e. The molecule has 0 saturated carbocycles. The molecule has 1 aliphatic rings. The van der Waals surface area contributed by atoms with Crippen molar-refractivity contribution in [2.24, 2.45) is 0 Å². The number of nitrogens with zero attached hydrogens (tertiary/aromatic N) is 2. The zero-order chi connectivity index (χ0) is 17.8. The van der Waals surface area contributed by atoms with Crippen molar-refractivity contribution in [3.05, 3.63) is 34.8 Å². The van der Waals surface area contributed by atoms with E-state index in [4.69, 9.17) is 4.74 Å². The average molecular weight is 359 g/mol. The summed E-state index contributed by atoms with van der Waals surface area (Å²) in [5.74, 6) is 0.965. The van der Waals surface area contributed by atoms with Crippen LogP contribution in [0.25, 0.3) is 10.6 Å². The maximum atomic E-state index is 13.0. The highest BCUT2D eigenvalue weighted by atomic mass is 32.1. The van der Waals surface area contributed by atoms with Gasteiger partial charge in [-0.25, -0.2) is 4.98 Å². The molecule has 1 amide bonds. The van der Waals surface area contributed by atoms with Crippen LogP contribution in [0.2, 0.25) is 0 Å². The van der Waals surface area contributed by atoms with E-state index >= 15 is 0 Å². The van der Waals surface area contributed by atoms with Gasteiger partial charge in [-0.05, 0) is 58.0 Å². The summed E-state index contributed by atoms with van der Waals surface area (Å²) >= 11 is 1.48. The van der Waals surface area contributed by atoms with Crippen LogP contribution in [0.3, 0.4) is 0 Å². The van der Waals surface area contributed by atoms with Crippen molar-refractivity contribution in [3.8, 4) is 16.3 Å². The van der Waals surface area contributed by atoms with Gasteiger partial charge in [0.2, 0.25) is 0 Å². The Balaban J connectivity index is 1.81. The Hall–Kier alpha value is -1.92. The second-order valence-electron chi connectivity index (χ2n) is 6.24. The molecule has 0 aliphatic carbocycles. The third kappa shape index (κ3) is 3.85. The van der Waals surface area contributed by atoms with E-state index in [9.17, 15) is 4.79 Å². The Morgan fingerprint density at radius 2 is 2.16 bits per heavy atom. The van der Waals surface area contributed by atoms with Crippen LogP contribution in [-0.2, 0) is 0 Å². The van der Waals surface area contributed by atoms with E-state index < -0.39 is 0 Å². The molecule has 0 spiro atoms. The maximum absolute atomic E-state index is 13.0. The van der Waals surface area contributed by atoms with Gasteiger partial charge in [0.05, 0.1) is 12.3 Å². The molecule has 3 rings (SSSR count). The molecule has 1 N–H and O–H groups in total. The van der Waals surface area contributed by atoms with E-state index in [2.05, 4.69) is 10.3 Å². The number of aromatic nitrogens is 1. The Kier molecular flexibility index (Phi) is 5.71. The minimum absolute atomic E-state index is 0.116. The molecule has 5 nitrogen and oxygen atoms in total. The van der Waals surface area contributed by atoms with Crippen molar-refractivity contribution >= 4 is 17.2 Å². The molecule has 1 aromatic carbocycles. The van der Waals surface area contributed by atoms with E-state index in [0.29, 0.717) is 6.61 Å². The standard InChI is InChI=1S/C19H25N3O2S/c1-4-24-16-9-7-14(8-10-16)18-21-13(2)17(25-18)19(23)22-11-5-6-15(22)12-20-3/h7-10,15,20H,4-6,11-12H2,1-3H3. The van der Waals surface area contributed by atoms with Crippen LogP contribution < -0.4 is 10.1 Å².